The number of hydrogen-bond donors (Lipinski definition) is 1. The van der Waals surface area contributed by atoms with Crippen molar-refractivity contribution < 1.29 is 24.1 Å². The van der Waals surface area contributed by atoms with Gasteiger partial charge in [-0.25, -0.2) is 0 Å². The summed E-state index contributed by atoms with van der Waals surface area (Å²) >= 11 is 0. The number of aryl methyl sites for hydroxylation is 1. The molecule has 1 aromatic rings. The molecule has 146 valence electrons. The lowest BCUT2D eigenvalue weighted by atomic mass is 9.72. The Hall–Kier alpha value is -2.05. The van der Waals surface area contributed by atoms with Crippen molar-refractivity contribution in [3.05, 3.63) is 34.9 Å². The molecule has 1 N–H and O–H groups in total. The van der Waals surface area contributed by atoms with Crippen molar-refractivity contribution in [1.29, 1.82) is 0 Å². The van der Waals surface area contributed by atoms with E-state index in [4.69, 9.17) is 14.2 Å². The summed E-state index contributed by atoms with van der Waals surface area (Å²) in [4.78, 5) is 14.1. The van der Waals surface area contributed by atoms with Gasteiger partial charge in [-0.2, -0.15) is 0 Å². The molecule has 0 aromatic heterocycles. The Morgan fingerprint density at radius 3 is 2.78 bits per heavy atom. The van der Waals surface area contributed by atoms with Crippen LogP contribution in [-0.2, 0) is 26.2 Å². The molecule has 3 aliphatic rings. The molecule has 3 unspecified atom stereocenters. The molecule has 1 spiro atoms. The minimum Gasteiger partial charge on any atom is -0.504 e. The van der Waals surface area contributed by atoms with Crippen LogP contribution in [0.3, 0.4) is 0 Å². The fraction of sp³-hybridized carbons (Fsp3) is 0.571. The van der Waals surface area contributed by atoms with Crippen LogP contribution in [-0.4, -0.2) is 55.5 Å². The number of carbonyl (C=O) groups is 1. The molecule has 1 aromatic carbocycles. The van der Waals surface area contributed by atoms with Gasteiger partial charge in [0, 0.05) is 27.0 Å². The number of fused-ring (bicyclic) bond motifs is 1. The fourth-order valence-electron chi connectivity index (χ4n) is 5.15. The van der Waals surface area contributed by atoms with E-state index >= 15 is 0 Å². The highest BCUT2D eigenvalue weighted by atomic mass is 16.6. The first-order valence-electron chi connectivity index (χ1n) is 9.56. The Morgan fingerprint density at radius 1 is 1.26 bits per heavy atom. The maximum Gasteiger partial charge on any atom is 0.303 e. The van der Waals surface area contributed by atoms with Gasteiger partial charge < -0.3 is 19.3 Å². The molecule has 1 saturated heterocycles. The van der Waals surface area contributed by atoms with E-state index in [1.165, 1.54) is 18.1 Å². The van der Waals surface area contributed by atoms with E-state index in [0.717, 1.165) is 37.9 Å². The zero-order valence-corrected chi connectivity index (χ0v) is 16.2. The maximum atomic E-state index is 11.6. The van der Waals surface area contributed by atoms with Gasteiger partial charge in [-0.3, -0.25) is 9.69 Å². The molecule has 2 aliphatic heterocycles. The van der Waals surface area contributed by atoms with Gasteiger partial charge in [-0.1, -0.05) is 0 Å². The van der Waals surface area contributed by atoms with Crippen molar-refractivity contribution in [3.63, 3.8) is 0 Å². The largest absolute Gasteiger partial charge is 0.504 e. The molecule has 1 fully saturated rings. The second kappa shape index (κ2) is 6.84. The van der Waals surface area contributed by atoms with Crippen LogP contribution in [0.4, 0.5) is 0 Å². The SMILES string of the molecule is COc1cc2c(cc1O)C13CC(OC)C(OC(C)=O)C=C1CCN3CCC2. The number of phenols is 1. The summed E-state index contributed by atoms with van der Waals surface area (Å²) in [5, 5.41) is 10.5. The first kappa shape index (κ1) is 18.3. The van der Waals surface area contributed by atoms with Crippen molar-refractivity contribution in [3.8, 4) is 11.5 Å². The highest BCUT2D eigenvalue weighted by Crippen LogP contribution is 2.53. The maximum absolute atomic E-state index is 11.6. The monoisotopic (exact) mass is 373 g/mol. The van der Waals surface area contributed by atoms with E-state index in [1.807, 2.05) is 12.1 Å². The van der Waals surface area contributed by atoms with E-state index < -0.39 is 0 Å². The average molecular weight is 373 g/mol. The molecule has 6 nitrogen and oxygen atoms in total. The van der Waals surface area contributed by atoms with E-state index in [9.17, 15) is 9.90 Å². The molecule has 27 heavy (non-hydrogen) atoms. The van der Waals surface area contributed by atoms with Crippen LogP contribution in [0.1, 0.15) is 37.3 Å². The molecular formula is C21H27NO5. The van der Waals surface area contributed by atoms with Crippen molar-refractivity contribution in [2.75, 3.05) is 27.3 Å². The van der Waals surface area contributed by atoms with Gasteiger partial charge >= 0.3 is 5.97 Å². The second-order valence-electron chi connectivity index (χ2n) is 7.63. The zero-order chi connectivity index (χ0) is 19.2. The molecule has 4 rings (SSSR count). The summed E-state index contributed by atoms with van der Waals surface area (Å²) in [7, 11) is 3.24. The van der Waals surface area contributed by atoms with Gasteiger partial charge in [0.2, 0.25) is 0 Å². The summed E-state index contributed by atoms with van der Waals surface area (Å²) in [6.45, 7) is 3.38. The number of ether oxygens (including phenoxy) is 3. The standard InChI is InChI=1S/C21H27NO5/c1-13(23)27-19-10-15-6-8-22-7-4-5-14-9-18(25-2)17(24)11-16(14)21(15,22)12-20(19)26-3/h9-11,19-20,24H,4-8,12H2,1-3H3. The summed E-state index contributed by atoms with van der Waals surface area (Å²) in [5.74, 6) is 0.377. The lowest BCUT2D eigenvalue weighted by Gasteiger charge is -2.46. The predicted octanol–water partition coefficient (Wildman–Crippen LogP) is 2.52. The molecule has 0 amide bonds. The number of carbonyl (C=O) groups excluding carboxylic acids is 1. The quantitative estimate of drug-likeness (QED) is 0.649. The normalized spacial score (nSPS) is 29.8. The Kier molecular flexibility index (Phi) is 4.64. The highest BCUT2D eigenvalue weighted by molar-refractivity contribution is 5.66. The lowest BCUT2D eigenvalue weighted by molar-refractivity contribution is -0.152. The second-order valence-corrected chi connectivity index (χ2v) is 7.63. The number of phenolic OH excluding ortho intramolecular Hbond substituents is 1. The van der Waals surface area contributed by atoms with Gasteiger partial charge in [0.1, 0.15) is 12.2 Å². The van der Waals surface area contributed by atoms with E-state index in [1.54, 1.807) is 14.2 Å². The topological polar surface area (TPSA) is 68.2 Å². The number of methoxy groups -OCH3 is 2. The van der Waals surface area contributed by atoms with Crippen LogP contribution in [0.2, 0.25) is 0 Å². The Morgan fingerprint density at radius 2 is 2.07 bits per heavy atom. The third-order valence-electron chi connectivity index (χ3n) is 6.28. The number of aromatic hydroxyl groups is 1. The Labute approximate surface area is 159 Å². The molecule has 0 bridgehead atoms. The lowest BCUT2D eigenvalue weighted by Crippen LogP contribution is -2.50. The molecular weight excluding hydrogens is 346 g/mol. The van der Waals surface area contributed by atoms with Gasteiger partial charge in [0.05, 0.1) is 12.6 Å². The van der Waals surface area contributed by atoms with Gasteiger partial charge in [0.15, 0.2) is 11.5 Å². The highest BCUT2D eigenvalue weighted by Gasteiger charge is 2.53. The predicted molar refractivity (Wildman–Crippen MR) is 99.9 cm³/mol. The number of nitrogens with zero attached hydrogens (tertiary/aromatic N) is 1. The van der Waals surface area contributed by atoms with Crippen molar-refractivity contribution in [2.24, 2.45) is 0 Å². The number of benzene rings is 1. The zero-order valence-electron chi connectivity index (χ0n) is 16.2. The number of rotatable bonds is 3. The van der Waals surface area contributed by atoms with E-state index in [2.05, 4.69) is 11.0 Å². The molecule has 6 heteroatoms. The van der Waals surface area contributed by atoms with Crippen LogP contribution < -0.4 is 4.74 Å². The molecule has 2 heterocycles. The van der Waals surface area contributed by atoms with Crippen LogP contribution >= 0.6 is 0 Å². The third kappa shape index (κ3) is 2.82. The summed E-state index contributed by atoms with van der Waals surface area (Å²) in [5.41, 5.74) is 3.29. The third-order valence-corrected chi connectivity index (χ3v) is 6.28. The fourth-order valence-corrected chi connectivity index (χ4v) is 5.15. The summed E-state index contributed by atoms with van der Waals surface area (Å²) in [6, 6.07) is 3.84. The Bertz CT molecular complexity index is 789. The van der Waals surface area contributed by atoms with Crippen molar-refractivity contribution in [2.45, 2.75) is 50.4 Å². The van der Waals surface area contributed by atoms with Crippen LogP contribution in [0.15, 0.2) is 23.8 Å². The first-order valence-corrected chi connectivity index (χ1v) is 9.56. The smallest absolute Gasteiger partial charge is 0.303 e. The summed E-state index contributed by atoms with van der Waals surface area (Å²) < 4.78 is 16.6. The van der Waals surface area contributed by atoms with E-state index in [-0.39, 0.29) is 29.5 Å². The number of hydrogen-bond acceptors (Lipinski definition) is 6. The van der Waals surface area contributed by atoms with Crippen LogP contribution in [0, 0.1) is 0 Å². The molecule has 0 saturated carbocycles. The average Bonchev–Trinajstić information content (AvgIpc) is 2.92. The van der Waals surface area contributed by atoms with Crippen molar-refractivity contribution >= 4 is 5.97 Å². The van der Waals surface area contributed by atoms with Gasteiger partial charge in [-0.05, 0) is 60.7 Å². The van der Waals surface area contributed by atoms with Gasteiger partial charge in [-0.15, -0.1) is 0 Å². The summed E-state index contributed by atoms with van der Waals surface area (Å²) in [6.07, 6.45) is 5.12. The van der Waals surface area contributed by atoms with Crippen molar-refractivity contribution in [1.82, 2.24) is 4.90 Å². The van der Waals surface area contributed by atoms with Crippen LogP contribution in [0.25, 0.3) is 0 Å². The Balaban J connectivity index is 1.87. The molecule has 1 aliphatic carbocycles. The van der Waals surface area contributed by atoms with E-state index in [0.29, 0.717) is 12.2 Å². The minimum absolute atomic E-state index is 0.162. The first-order chi connectivity index (χ1) is 13.0. The minimum atomic E-state index is -0.369. The molecule has 3 atom stereocenters. The van der Waals surface area contributed by atoms with Gasteiger partial charge in [0.25, 0.3) is 0 Å². The number of esters is 1. The molecule has 0 radical (unpaired) electrons. The van der Waals surface area contributed by atoms with Crippen LogP contribution in [0.5, 0.6) is 11.5 Å².